The van der Waals surface area contributed by atoms with Crippen molar-refractivity contribution in [2.75, 3.05) is 28.1 Å². The molecule has 0 saturated carbocycles. The number of ether oxygens (including phenoxy) is 5. The Bertz CT molecular complexity index is 1320. The summed E-state index contributed by atoms with van der Waals surface area (Å²) in [5.41, 5.74) is 2.23. The number of hydrogen-bond acceptors (Lipinski definition) is 8. The van der Waals surface area contributed by atoms with Crippen molar-refractivity contribution in [2.45, 2.75) is 6.42 Å². The lowest BCUT2D eigenvalue weighted by atomic mass is 9.89. The molecule has 0 saturated heterocycles. The Kier molecular flexibility index (Phi) is 7.34. The van der Waals surface area contributed by atoms with Crippen molar-refractivity contribution in [3.63, 3.8) is 0 Å². The second-order valence-corrected chi connectivity index (χ2v) is 7.84. The second-order valence-electron chi connectivity index (χ2n) is 7.84. The van der Waals surface area contributed by atoms with E-state index in [0.717, 1.165) is 0 Å². The highest BCUT2D eigenvalue weighted by atomic mass is 16.7. The summed E-state index contributed by atoms with van der Waals surface area (Å²) in [4.78, 5) is 38.7. The summed E-state index contributed by atoms with van der Waals surface area (Å²) in [6, 6.07) is 18.3. The molecule has 3 aromatic rings. The first-order valence-electron chi connectivity index (χ1n) is 11.0. The van der Waals surface area contributed by atoms with Gasteiger partial charge in [-0.3, -0.25) is 4.79 Å². The molecule has 0 spiro atoms. The molecule has 0 atom stereocenters. The van der Waals surface area contributed by atoms with Gasteiger partial charge in [0.15, 0.2) is 17.3 Å². The molecule has 0 radical (unpaired) electrons. The van der Waals surface area contributed by atoms with E-state index >= 15 is 0 Å². The number of methoxy groups -OCH3 is 3. The first kappa shape index (κ1) is 24.5. The summed E-state index contributed by atoms with van der Waals surface area (Å²) in [6.45, 7) is 0.0697. The van der Waals surface area contributed by atoms with Crippen LogP contribution in [0.1, 0.15) is 31.8 Å². The highest BCUT2D eigenvalue weighted by molar-refractivity contribution is 6.27. The van der Waals surface area contributed by atoms with Crippen LogP contribution in [0.25, 0.3) is 5.57 Å². The van der Waals surface area contributed by atoms with Gasteiger partial charge >= 0.3 is 11.9 Å². The first-order valence-corrected chi connectivity index (χ1v) is 11.0. The number of benzene rings is 3. The highest BCUT2D eigenvalue weighted by Crippen LogP contribution is 2.36. The van der Waals surface area contributed by atoms with E-state index < -0.39 is 11.9 Å². The van der Waals surface area contributed by atoms with E-state index in [-0.39, 0.29) is 30.1 Å². The number of allylic oxidation sites excluding steroid dienone is 1. The quantitative estimate of drug-likeness (QED) is 0.264. The molecule has 0 fully saturated rings. The molecule has 0 bridgehead atoms. The largest absolute Gasteiger partial charge is 0.497 e. The number of ketones is 1. The van der Waals surface area contributed by atoms with Crippen molar-refractivity contribution in [1.82, 2.24) is 0 Å². The van der Waals surface area contributed by atoms with Crippen LogP contribution in [-0.2, 0) is 20.7 Å². The Balaban J connectivity index is 1.85. The molecular weight excluding hydrogens is 464 g/mol. The molecule has 0 aliphatic carbocycles. The van der Waals surface area contributed by atoms with Gasteiger partial charge < -0.3 is 23.7 Å². The molecule has 36 heavy (non-hydrogen) atoms. The monoisotopic (exact) mass is 488 g/mol. The fraction of sp³-hybridized carbons (Fsp3) is 0.179. The number of fused-ring (bicyclic) bond motifs is 1. The van der Waals surface area contributed by atoms with E-state index in [9.17, 15) is 14.4 Å². The third-order valence-corrected chi connectivity index (χ3v) is 5.73. The molecule has 1 aliphatic rings. The van der Waals surface area contributed by atoms with Crippen LogP contribution in [0, 0.1) is 0 Å². The Morgan fingerprint density at radius 1 is 0.750 bits per heavy atom. The third kappa shape index (κ3) is 5.07. The average Bonchev–Trinajstić information content (AvgIpc) is 3.40. The van der Waals surface area contributed by atoms with Crippen molar-refractivity contribution in [1.29, 1.82) is 0 Å². The zero-order valence-corrected chi connectivity index (χ0v) is 20.0. The Labute approximate surface area is 208 Å². The Hall–Kier alpha value is -4.59. The fourth-order valence-corrected chi connectivity index (χ4v) is 3.85. The first-order chi connectivity index (χ1) is 17.4. The van der Waals surface area contributed by atoms with E-state index in [2.05, 4.69) is 0 Å². The normalized spacial score (nSPS) is 12.4. The summed E-state index contributed by atoms with van der Waals surface area (Å²) in [6.07, 6.45) is 0.102. The molecule has 4 rings (SSSR count). The molecule has 0 amide bonds. The van der Waals surface area contributed by atoms with Crippen molar-refractivity contribution in [3.8, 4) is 17.2 Å². The van der Waals surface area contributed by atoms with E-state index in [0.29, 0.717) is 39.5 Å². The maximum absolute atomic E-state index is 13.8. The predicted octanol–water partition coefficient (Wildman–Crippen LogP) is 4.26. The summed E-state index contributed by atoms with van der Waals surface area (Å²) in [5, 5.41) is 0. The third-order valence-electron chi connectivity index (χ3n) is 5.73. The zero-order valence-electron chi connectivity index (χ0n) is 20.0. The number of Topliss-reactive ketones (excluding diaryl/α,β-unsaturated/α-hetero) is 1. The predicted molar refractivity (Wildman–Crippen MR) is 130 cm³/mol. The molecule has 0 aromatic heterocycles. The van der Waals surface area contributed by atoms with Crippen LogP contribution in [0.4, 0.5) is 0 Å². The zero-order chi connectivity index (χ0) is 25.7. The van der Waals surface area contributed by atoms with E-state index in [4.69, 9.17) is 23.7 Å². The van der Waals surface area contributed by atoms with Crippen LogP contribution in [0.2, 0.25) is 0 Å². The lowest BCUT2D eigenvalue weighted by Crippen LogP contribution is -2.15. The minimum Gasteiger partial charge on any atom is -0.497 e. The van der Waals surface area contributed by atoms with E-state index in [1.165, 1.54) is 21.3 Å². The molecule has 184 valence electrons. The lowest BCUT2D eigenvalue weighted by molar-refractivity contribution is -0.133. The standard InChI is InChI=1S/C28H24O8/c1-32-21-11-8-18(9-12-21)26(29)22(14-17-4-6-19(7-5-17)27(30)33-2)25(28(31)34-3)20-10-13-23-24(15-20)36-16-35-23/h4-13,15H,14,16H2,1-3H3/b25-22-. The van der Waals surface area contributed by atoms with E-state index in [1.54, 1.807) is 66.7 Å². The number of hydrogen-bond donors (Lipinski definition) is 0. The number of esters is 2. The van der Waals surface area contributed by atoms with Crippen molar-refractivity contribution in [3.05, 3.63) is 94.6 Å². The van der Waals surface area contributed by atoms with Crippen LogP contribution in [0.15, 0.2) is 72.3 Å². The summed E-state index contributed by atoms with van der Waals surface area (Å²) >= 11 is 0. The molecule has 1 aliphatic heterocycles. The highest BCUT2D eigenvalue weighted by Gasteiger charge is 2.26. The Morgan fingerprint density at radius 3 is 2.03 bits per heavy atom. The van der Waals surface area contributed by atoms with Crippen molar-refractivity contribution < 1.29 is 38.1 Å². The van der Waals surface area contributed by atoms with Crippen LogP contribution in [0.3, 0.4) is 0 Å². The van der Waals surface area contributed by atoms with Gasteiger partial charge in [-0.2, -0.15) is 0 Å². The van der Waals surface area contributed by atoms with Crippen LogP contribution >= 0.6 is 0 Å². The molecule has 0 N–H and O–H groups in total. The minimum absolute atomic E-state index is 0.0697. The molecule has 1 heterocycles. The summed E-state index contributed by atoms with van der Waals surface area (Å²) in [7, 11) is 4.10. The minimum atomic E-state index is -0.670. The summed E-state index contributed by atoms with van der Waals surface area (Å²) < 4.78 is 25.9. The van der Waals surface area contributed by atoms with Gasteiger partial charge in [0.05, 0.1) is 32.5 Å². The molecule has 3 aromatic carbocycles. The second kappa shape index (κ2) is 10.8. The average molecular weight is 488 g/mol. The number of carbonyl (C=O) groups is 3. The Morgan fingerprint density at radius 2 is 1.39 bits per heavy atom. The topological polar surface area (TPSA) is 97.4 Å². The van der Waals surface area contributed by atoms with Crippen molar-refractivity contribution in [2.24, 2.45) is 0 Å². The van der Waals surface area contributed by atoms with Gasteiger partial charge in [0.1, 0.15) is 5.75 Å². The molecular formula is C28H24O8. The number of rotatable bonds is 8. The van der Waals surface area contributed by atoms with Crippen LogP contribution in [0.5, 0.6) is 17.2 Å². The SMILES string of the molecule is COC(=O)/C(=C(/Cc1ccc(C(=O)OC)cc1)C(=O)c1ccc(OC)cc1)c1ccc2c(c1)OCO2. The smallest absolute Gasteiger partial charge is 0.338 e. The maximum atomic E-state index is 13.8. The van der Waals surface area contributed by atoms with Gasteiger partial charge in [0.2, 0.25) is 6.79 Å². The molecule has 8 heteroatoms. The van der Waals surface area contributed by atoms with Gasteiger partial charge in [-0.1, -0.05) is 18.2 Å². The molecule has 8 nitrogen and oxygen atoms in total. The van der Waals surface area contributed by atoms with Gasteiger partial charge in [-0.25, -0.2) is 9.59 Å². The molecule has 0 unspecified atom stereocenters. The lowest BCUT2D eigenvalue weighted by Gasteiger charge is -2.15. The van der Waals surface area contributed by atoms with E-state index in [1.807, 2.05) is 0 Å². The van der Waals surface area contributed by atoms with Gasteiger partial charge in [-0.15, -0.1) is 0 Å². The van der Waals surface area contributed by atoms with Crippen molar-refractivity contribution >= 4 is 23.3 Å². The fourth-order valence-electron chi connectivity index (χ4n) is 3.85. The number of carbonyl (C=O) groups excluding carboxylic acids is 3. The van der Waals surface area contributed by atoms with Gasteiger partial charge in [0, 0.05) is 17.6 Å². The van der Waals surface area contributed by atoms with Gasteiger partial charge in [-0.05, 0) is 59.7 Å². The van der Waals surface area contributed by atoms with Gasteiger partial charge in [0.25, 0.3) is 0 Å². The summed E-state index contributed by atoms with van der Waals surface area (Å²) in [5.74, 6) is 0.114. The van der Waals surface area contributed by atoms with Crippen LogP contribution in [-0.4, -0.2) is 45.8 Å². The maximum Gasteiger partial charge on any atom is 0.338 e. The van der Waals surface area contributed by atoms with Crippen LogP contribution < -0.4 is 14.2 Å².